The monoisotopic (exact) mass is 292 g/mol. The molecule has 1 aliphatic rings. The number of Topliss-reactive ketones (excluding diaryl/α,β-unsaturated/α-hetero) is 1. The smallest absolute Gasteiger partial charge is 0.304 e. The van der Waals surface area contributed by atoms with Gasteiger partial charge in [-0.2, -0.15) is 0 Å². The first-order valence-electron chi connectivity index (χ1n) is 6.79. The number of carbonyl (C=O) groups excluding carboxylic acids is 1. The summed E-state index contributed by atoms with van der Waals surface area (Å²) in [4.78, 5) is 23.1. The van der Waals surface area contributed by atoms with E-state index in [0.717, 1.165) is 10.6 Å². The van der Waals surface area contributed by atoms with Crippen LogP contribution in [-0.2, 0) is 11.3 Å². The van der Waals surface area contributed by atoms with Crippen LogP contribution in [0.25, 0.3) is 0 Å². The molecule has 0 saturated carbocycles. The first-order chi connectivity index (χ1) is 9.79. The zero-order chi connectivity index (χ0) is 15.7. The second kappa shape index (κ2) is 5.83. The van der Waals surface area contributed by atoms with E-state index in [2.05, 4.69) is 0 Å². The summed E-state index contributed by atoms with van der Waals surface area (Å²) in [5.41, 5.74) is 1.83. The number of aryl methyl sites for hydroxylation is 1. The predicted octanol–water partition coefficient (Wildman–Crippen LogP) is 2.33. The van der Waals surface area contributed by atoms with Crippen molar-refractivity contribution < 1.29 is 19.4 Å². The summed E-state index contributed by atoms with van der Waals surface area (Å²) in [7, 11) is 0. The van der Waals surface area contributed by atoms with E-state index in [0.29, 0.717) is 16.9 Å². The van der Waals surface area contributed by atoms with Crippen LogP contribution in [0.5, 0.6) is 5.75 Å². The number of nitrogens with zero attached hydrogens (tertiary/aromatic N) is 1. The molecule has 2 atom stereocenters. The summed E-state index contributed by atoms with van der Waals surface area (Å²) in [6, 6.07) is 3.38. The molecule has 1 aromatic rings. The van der Waals surface area contributed by atoms with Crippen molar-refractivity contribution in [1.29, 1.82) is 0 Å². The third kappa shape index (κ3) is 3.22. The number of ketones is 1. The minimum Gasteiger partial charge on any atom is -0.782 e. The second-order valence-electron chi connectivity index (χ2n) is 5.43. The third-order valence-corrected chi connectivity index (χ3v) is 3.63. The fraction of sp³-hybridized carbons (Fsp3) is 0.467. The molecular weight excluding hydrogens is 274 g/mol. The van der Waals surface area contributed by atoms with Crippen LogP contribution in [-0.4, -0.2) is 28.2 Å². The summed E-state index contributed by atoms with van der Waals surface area (Å²) in [5, 5.41) is 21.2. The molecule has 1 aliphatic heterocycles. The Morgan fingerprint density at radius 3 is 2.81 bits per heavy atom. The van der Waals surface area contributed by atoms with Gasteiger partial charge in [-0.1, -0.05) is 6.92 Å². The molecule has 0 bridgehead atoms. The lowest BCUT2D eigenvalue weighted by molar-refractivity contribution is -0.137. The molecule has 6 heteroatoms. The van der Waals surface area contributed by atoms with Gasteiger partial charge in [-0.05, 0) is 31.5 Å². The zero-order valence-electron chi connectivity index (χ0n) is 12.3. The summed E-state index contributed by atoms with van der Waals surface area (Å²) < 4.78 is 5.49. The first-order valence-corrected chi connectivity index (χ1v) is 6.79. The molecule has 6 nitrogen and oxygen atoms in total. The quantitative estimate of drug-likeness (QED) is 0.856. The highest BCUT2D eigenvalue weighted by atomic mass is 16.6. The zero-order valence-corrected chi connectivity index (χ0v) is 12.3. The Morgan fingerprint density at radius 2 is 2.19 bits per heavy atom. The van der Waals surface area contributed by atoms with Crippen LogP contribution >= 0.6 is 0 Å². The fourth-order valence-corrected chi connectivity index (χ4v) is 2.38. The average molecular weight is 292 g/mol. The molecule has 0 fully saturated rings. The SMILES string of the molecule is Cc1cc2c(cc1C(=O)C(C)CC(=O)O)CN([O-])C(C)O2. The van der Waals surface area contributed by atoms with Crippen molar-refractivity contribution in [3.8, 4) is 5.75 Å². The number of hydroxylamine groups is 2. The maximum absolute atomic E-state index is 12.3. The van der Waals surface area contributed by atoms with Crippen LogP contribution in [0.15, 0.2) is 12.1 Å². The number of aliphatic carboxylic acids is 1. The number of carboxylic acids is 1. The van der Waals surface area contributed by atoms with E-state index in [4.69, 9.17) is 9.84 Å². The van der Waals surface area contributed by atoms with Gasteiger partial charge in [-0.25, -0.2) is 0 Å². The van der Waals surface area contributed by atoms with Crippen LogP contribution in [0.1, 0.15) is 41.8 Å². The molecule has 0 saturated heterocycles. The number of hydrogen-bond donors (Lipinski definition) is 1. The topological polar surface area (TPSA) is 89.9 Å². The van der Waals surface area contributed by atoms with E-state index in [9.17, 15) is 14.8 Å². The van der Waals surface area contributed by atoms with Crippen molar-refractivity contribution in [1.82, 2.24) is 5.06 Å². The number of rotatable bonds is 4. The largest absolute Gasteiger partial charge is 0.782 e. The number of carboxylic acid groups (broad SMARTS) is 1. The van der Waals surface area contributed by atoms with E-state index in [1.807, 2.05) is 0 Å². The van der Waals surface area contributed by atoms with Crippen LogP contribution in [0.2, 0.25) is 0 Å². The number of fused-ring (bicyclic) bond motifs is 1. The van der Waals surface area contributed by atoms with Crippen LogP contribution in [0.4, 0.5) is 0 Å². The third-order valence-electron chi connectivity index (χ3n) is 3.63. The lowest BCUT2D eigenvalue weighted by Crippen LogP contribution is -2.36. The van der Waals surface area contributed by atoms with Crippen molar-refractivity contribution in [3.63, 3.8) is 0 Å². The van der Waals surface area contributed by atoms with E-state index >= 15 is 0 Å². The maximum Gasteiger partial charge on any atom is 0.304 e. The Kier molecular flexibility index (Phi) is 4.29. The number of hydrogen-bond acceptors (Lipinski definition) is 5. The summed E-state index contributed by atoms with van der Waals surface area (Å²) in [6.45, 7) is 5.19. The van der Waals surface area contributed by atoms with Gasteiger partial charge in [0.1, 0.15) is 12.0 Å². The molecule has 2 rings (SSSR count). The van der Waals surface area contributed by atoms with Gasteiger partial charge in [-0.3, -0.25) is 9.59 Å². The standard InChI is InChI=1S/C15H18NO5/c1-8-4-13-11(7-16(20)10(3)21-13)6-12(8)15(19)9(2)5-14(17)18/h4,6,9-10H,5,7H2,1-3H3,(H,17,18)/q-1. The number of carbonyl (C=O) groups is 2. The van der Waals surface area contributed by atoms with Gasteiger partial charge in [0.05, 0.1) is 6.42 Å². The molecule has 0 radical (unpaired) electrons. The Hall–Kier alpha value is -1.92. The van der Waals surface area contributed by atoms with E-state index in [-0.39, 0.29) is 18.7 Å². The molecule has 1 N–H and O–H groups in total. The highest BCUT2D eigenvalue weighted by molar-refractivity contribution is 6.00. The minimum atomic E-state index is -1.01. The molecule has 114 valence electrons. The first kappa shape index (κ1) is 15.5. The maximum atomic E-state index is 12.3. The number of benzene rings is 1. The van der Waals surface area contributed by atoms with Crippen molar-refractivity contribution in [2.24, 2.45) is 5.92 Å². The van der Waals surface area contributed by atoms with Crippen LogP contribution in [0.3, 0.4) is 0 Å². The fourth-order valence-electron chi connectivity index (χ4n) is 2.38. The highest BCUT2D eigenvalue weighted by Gasteiger charge is 2.24. The molecule has 1 aromatic carbocycles. The Morgan fingerprint density at radius 1 is 1.52 bits per heavy atom. The van der Waals surface area contributed by atoms with Gasteiger partial charge in [0.15, 0.2) is 5.78 Å². The van der Waals surface area contributed by atoms with E-state index < -0.39 is 18.1 Å². The van der Waals surface area contributed by atoms with E-state index in [1.165, 1.54) is 0 Å². The Balaban J connectivity index is 2.32. The lowest BCUT2D eigenvalue weighted by atomic mass is 9.91. The van der Waals surface area contributed by atoms with Crippen LogP contribution < -0.4 is 4.74 Å². The second-order valence-corrected chi connectivity index (χ2v) is 5.43. The lowest BCUT2D eigenvalue weighted by Gasteiger charge is -2.39. The molecule has 0 aliphatic carbocycles. The van der Waals surface area contributed by atoms with Gasteiger partial charge < -0.3 is 20.1 Å². The minimum absolute atomic E-state index is 0.157. The van der Waals surface area contributed by atoms with Crippen molar-refractivity contribution in [2.75, 3.05) is 0 Å². The highest BCUT2D eigenvalue weighted by Crippen LogP contribution is 2.31. The summed E-state index contributed by atoms with van der Waals surface area (Å²) in [6.07, 6.45) is -0.763. The van der Waals surface area contributed by atoms with Crippen LogP contribution in [0, 0.1) is 18.0 Å². The van der Waals surface area contributed by atoms with Crippen molar-refractivity contribution in [2.45, 2.75) is 40.0 Å². The van der Waals surface area contributed by atoms with Gasteiger partial charge in [-0.15, -0.1) is 0 Å². The Labute approximate surface area is 122 Å². The molecule has 0 amide bonds. The molecular formula is C15H18NO5-. The Bertz CT molecular complexity index is 584. The van der Waals surface area contributed by atoms with Gasteiger partial charge in [0, 0.05) is 23.6 Å². The molecule has 21 heavy (non-hydrogen) atoms. The van der Waals surface area contributed by atoms with E-state index in [1.54, 1.807) is 32.9 Å². The summed E-state index contributed by atoms with van der Waals surface area (Å²) in [5.74, 6) is -1.23. The van der Waals surface area contributed by atoms with Crippen molar-refractivity contribution in [3.05, 3.63) is 34.0 Å². The summed E-state index contributed by atoms with van der Waals surface area (Å²) >= 11 is 0. The molecule has 2 unspecified atom stereocenters. The predicted molar refractivity (Wildman–Crippen MR) is 75.9 cm³/mol. The molecule has 1 heterocycles. The van der Waals surface area contributed by atoms with Crippen molar-refractivity contribution >= 4 is 11.8 Å². The number of ether oxygens (including phenoxy) is 1. The average Bonchev–Trinajstić information content (AvgIpc) is 2.38. The molecule has 0 spiro atoms. The van der Waals surface area contributed by atoms with Gasteiger partial charge in [0.2, 0.25) is 0 Å². The van der Waals surface area contributed by atoms with Gasteiger partial charge in [0.25, 0.3) is 0 Å². The van der Waals surface area contributed by atoms with Gasteiger partial charge >= 0.3 is 5.97 Å². The normalized spacial score (nSPS) is 19.5. The molecule has 0 aromatic heterocycles.